The first kappa shape index (κ1) is 21.0. The predicted molar refractivity (Wildman–Crippen MR) is 114 cm³/mol. The number of para-hydroxylation sites is 1. The van der Waals surface area contributed by atoms with Crippen molar-refractivity contribution in [1.82, 2.24) is 10.3 Å². The van der Waals surface area contributed by atoms with E-state index in [1.165, 1.54) is 0 Å². The maximum absolute atomic E-state index is 12.3. The van der Waals surface area contributed by atoms with Gasteiger partial charge in [-0.05, 0) is 36.2 Å². The number of ether oxygens (including phenoxy) is 2. The van der Waals surface area contributed by atoms with Gasteiger partial charge < -0.3 is 30.2 Å². The lowest BCUT2D eigenvalue weighted by molar-refractivity contribution is 0.146. The number of nitrogens with one attached hydrogen (secondary N) is 3. The fourth-order valence-corrected chi connectivity index (χ4v) is 3.25. The highest BCUT2D eigenvalue weighted by molar-refractivity contribution is 6.32. The summed E-state index contributed by atoms with van der Waals surface area (Å²) in [6.07, 6.45) is 2.40. The predicted octanol–water partition coefficient (Wildman–Crippen LogP) is 3.57. The van der Waals surface area contributed by atoms with Gasteiger partial charge in [0, 0.05) is 29.9 Å². The Hall–Kier alpha value is -2.74. The standard InChI is InChI=1S/C21H24ClN3O4/c1-28-8-9-29-20-7-6-15(11-18(20)22)24-21(27)25-16(13-26)10-14-12-23-19-5-3-2-4-17(14)19/h2-7,11-12,16,23,26H,8-10,13H2,1H3,(H2,24,25,27). The summed E-state index contributed by atoms with van der Waals surface area (Å²) >= 11 is 6.19. The minimum Gasteiger partial charge on any atom is -0.490 e. The molecule has 1 aromatic heterocycles. The Kier molecular flexibility index (Phi) is 7.35. The van der Waals surface area contributed by atoms with Crippen molar-refractivity contribution >= 4 is 34.2 Å². The molecule has 0 radical (unpaired) electrons. The molecule has 154 valence electrons. The third-order valence-corrected chi connectivity index (χ3v) is 4.73. The molecule has 0 saturated heterocycles. The molecule has 0 aliphatic heterocycles. The number of amides is 2. The highest BCUT2D eigenvalue weighted by Gasteiger charge is 2.15. The number of benzene rings is 2. The summed E-state index contributed by atoms with van der Waals surface area (Å²) in [6, 6.07) is 12.0. The van der Waals surface area contributed by atoms with Crippen LogP contribution in [0.3, 0.4) is 0 Å². The van der Waals surface area contributed by atoms with Gasteiger partial charge in [0.05, 0.1) is 24.3 Å². The first-order chi connectivity index (χ1) is 14.1. The van der Waals surface area contributed by atoms with E-state index in [9.17, 15) is 9.90 Å². The maximum atomic E-state index is 12.3. The average Bonchev–Trinajstić information content (AvgIpc) is 3.12. The van der Waals surface area contributed by atoms with Crippen LogP contribution in [0.4, 0.5) is 10.5 Å². The third kappa shape index (κ3) is 5.63. The molecule has 1 heterocycles. The lowest BCUT2D eigenvalue weighted by Gasteiger charge is -2.17. The molecule has 0 saturated carbocycles. The molecule has 4 N–H and O–H groups in total. The number of fused-ring (bicyclic) bond motifs is 1. The third-order valence-electron chi connectivity index (χ3n) is 4.43. The molecule has 8 heteroatoms. The van der Waals surface area contributed by atoms with E-state index in [0.717, 1.165) is 16.5 Å². The molecule has 29 heavy (non-hydrogen) atoms. The number of methoxy groups -OCH3 is 1. The topological polar surface area (TPSA) is 95.6 Å². The van der Waals surface area contributed by atoms with Gasteiger partial charge in [0.2, 0.25) is 0 Å². The molecule has 3 aromatic rings. The summed E-state index contributed by atoms with van der Waals surface area (Å²) in [7, 11) is 1.59. The highest BCUT2D eigenvalue weighted by atomic mass is 35.5. The van der Waals surface area contributed by atoms with Gasteiger partial charge in [-0.15, -0.1) is 0 Å². The quantitative estimate of drug-likeness (QED) is 0.400. The zero-order chi connectivity index (χ0) is 20.6. The first-order valence-electron chi connectivity index (χ1n) is 9.25. The number of aliphatic hydroxyl groups is 1. The number of urea groups is 1. The van der Waals surface area contributed by atoms with E-state index in [1.807, 2.05) is 30.5 Å². The van der Waals surface area contributed by atoms with Crippen LogP contribution in [0.25, 0.3) is 10.9 Å². The fourth-order valence-electron chi connectivity index (χ4n) is 3.01. The van der Waals surface area contributed by atoms with E-state index in [0.29, 0.717) is 36.1 Å². The summed E-state index contributed by atoms with van der Waals surface area (Å²) in [5, 5.41) is 16.7. The Morgan fingerprint density at radius 1 is 1.24 bits per heavy atom. The van der Waals surface area contributed by atoms with Gasteiger partial charge in [-0.25, -0.2) is 4.79 Å². The summed E-state index contributed by atoms with van der Waals surface area (Å²) in [4.78, 5) is 15.5. The Morgan fingerprint density at radius 3 is 2.83 bits per heavy atom. The number of carbonyl (C=O) groups is 1. The van der Waals surface area contributed by atoms with Crippen LogP contribution in [0.15, 0.2) is 48.7 Å². The van der Waals surface area contributed by atoms with Crippen LogP contribution in [0.5, 0.6) is 5.75 Å². The lowest BCUT2D eigenvalue weighted by atomic mass is 10.1. The number of rotatable bonds is 9. The SMILES string of the molecule is COCCOc1ccc(NC(=O)NC(CO)Cc2c[nH]c3ccccc23)cc1Cl. The van der Waals surface area contributed by atoms with Crippen molar-refractivity contribution in [2.75, 3.05) is 32.2 Å². The molecule has 1 unspecified atom stereocenters. The van der Waals surface area contributed by atoms with Gasteiger partial charge in [0.25, 0.3) is 0 Å². The van der Waals surface area contributed by atoms with Crippen molar-refractivity contribution in [3.05, 3.63) is 59.2 Å². The summed E-state index contributed by atoms with van der Waals surface area (Å²) in [5.74, 6) is 0.516. The molecule has 2 amide bonds. The summed E-state index contributed by atoms with van der Waals surface area (Å²) in [5.41, 5.74) is 2.57. The van der Waals surface area contributed by atoms with Crippen LogP contribution < -0.4 is 15.4 Å². The molecule has 0 fully saturated rings. The van der Waals surface area contributed by atoms with Crippen molar-refractivity contribution in [3.63, 3.8) is 0 Å². The number of aromatic nitrogens is 1. The molecular weight excluding hydrogens is 394 g/mol. The second-order valence-corrected chi connectivity index (χ2v) is 6.94. The van der Waals surface area contributed by atoms with Crippen LogP contribution in [-0.4, -0.2) is 49.1 Å². The van der Waals surface area contributed by atoms with Gasteiger partial charge in [-0.3, -0.25) is 0 Å². The molecule has 0 spiro atoms. The van der Waals surface area contributed by atoms with Gasteiger partial charge in [-0.1, -0.05) is 29.8 Å². The molecular formula is C21H24ClN3O4. The number of carbonyl (C=O) groups excluding carboxylic acids is 1. The number of H-pyrrole nitrogens is 1. The Morgan fingerprint density at radius 2 is 2.07 bits per heavy atom. The molecule has 0 bridgehead atoms. The average molecular weight is 418 g/mol. The zero-order valence-electron chi connectivity index (χ0n) is 16.1. The van der Waals surface area contributed by atoms with Gasteiger partial charge in [0.15, 0.2) is 0 Å². The van der Waals surface area contributed by atoms with Crippen molar-refractivity contribution in [2.45, 2.75) is 12.5 Å². The number of halogens is 1. The summed E-state index contributed by atoms with van der Waals surface area (Å²) in [6.45, 7) is 0.660. The second kappa shape index (κ2) is 10.2. The van der Waals surface area contributed by atoms with Crippen LogP contribution in [0.1, 0.15) is 5.56 Å². The van der Waals surface area contributed by atoms with Gasteiger partial charge in [-0.2, -0.15) is 0 Å². The zero-order valence-corrected chi connectivity index (χ0v) is 16.8. The minimum atomic E-state index is -0.429. The highest BCUT2D eigenvalue weighted by Crippen LogP contribution is 2.27. The van der Waals surface area contributed by atoms with Crippen LogP contribution >= 0.6 is 11.6 Å². The van der Waals surface area contributed by atoms with Crippen LogP contribution in [0, 0.1) is 0 Å². The van der Waals surface area contributed by atoms with E-state index >= 15 is 0 Å². The number of aliphatic hydroxyl groups excluding tert-OH is 1. The van der Waals surface area contributed by atoms with Crippen molar-refractivity contribution in [3.8, 4) is 5.75 Å². The molecule has 0 aliphatic rings. The monoisotopic (exact) mass is 417 g/mol. The largest absolute Gasteiger partial charge is 0.490 e. The van der Waals surface area contributed by atoms with E-state index in [-0.39, 0.29) is 6.61 Å². The fraction of sp³-hybridized carbons (Fsp3) is 0.286. The molecule has 0 aliphatic carbocycles. The number of aromatic amines is 1. The molecule has 7 nitrogen and oxygen atoms in total. The maximum Gasteiger partial charge on any atom is 0.319 e. The van der Waals surface area contributed by atoms with E-state index in [4.69, 9.17) is 21.1 Å². The van der Waals surface area contributed by atoms with E-state index < -0.39 is 12.1 Å². The smallest absolute Gasteiger partial charge is 0.319 e. The summed E-state index contributed by atoms with van der Waals surface area (Å²) < 4.78 is 10.4. The minimum absolute atomic E-state index is 0.181. The van der Waals surface area contributed by atoms with Crippen LogP contribution in [-0.2, 0) is 11.2 Å². The first-order valence-corrected chi connectivity index (χ1v) is 9.63. The van der Waals surface area contributed by atoms with E-state index in [1.54, 1.807) is 25.3 Å². The van der Waals surface area contributed by atoms with Gasteiger partial charge in [0.1, 0.15) is 12.4 Å². The molecule has 1 atom stereocenters. The Bertz CT molecular complexity index is 960. The van der Waals surface area contributed by atoms with Gasteiger partial charge >= 0.3 is 6.03 Å². The van der Waals surface area contributed by atoms with Crippen molar-refractivity contribution in [1.29, 1.82) is 0 Å². The van der Waals surface area contributed by atoms with E-state index in [2.05, 4.69) is 15.6 Å². The molecule has 2 aromatic carbocycles. The Balaban J connectivity index is 1.58. The van der Waals surface area contributed by atoms with Crippen molar-refractivity contribution in [2.24, 2.45) is 0 Å². The number of hydrogen-bond donors (Lipinski definition) is 4. The number of anilines is 1. The molecule has 3 rings (SSSR count). The Labute approximate surface area is 174 Å². The number of hydrogen-bond acceptors (Lipinski definition) is 4. The lowest BCUT2D eigenvalue weighted by Crippen LogP contribution is -2.41. The van der Waals surface area contributed by atoms with Crippen molar-refractivity contribution < 1.29 is 19.4 Å². The normalized spacial score (nSPS) is 12.0. The second-order valence-electron chi connectivity index (χ2n) is 6.53. The van der Waals surface area contributed by atoms with Crippen LogP contribution in [0.2, 0.25) is 5.02 Å².